The van der Waals surface area contributed by atoms with E-state index in [1.165, 1.54) is 38.1 Å². The van der Waals surface area contributed by atoms with E-state index in [0.717, 1.165) is 22.7 Å². The molecule has 2 atom stereocenters. The van der Waals surface area contributed by atoms with Crippen molar-refractivity contribution in [2.75, 3.05) is 14.1 Å². The summed E-state index contributed by atoms with van der Waals surface area (Å²) in [5.41, 5.74) is 1.09. The molecule has 1 heterocycles. The molecule has 8 heteroatoms. The molecule has 1 aromatic carbocycles. The molecule has 0 aliphatic heterocycles. The highest BCUT2D eigenvalue weighted by Crippen LogP contribution is 2.25. The molecule has 0 saturated carbocycles. The second-order valence-electron chi connectivity index (χ2n) is 6.64. The van der Waals surface area contributed by atoms with Crippen LogP contribution in [0.5, 0.6) is 0 Å². The third kappa shape index (κ3) is 5.80. The van der Waals surface area contributed by atoms with Gasteiger partial charge in [0.15, 0.2) is 0 Å². The van der Waals surface area contributed by atoms with Crippen LogP contribution in [0.15, 0.2) is 58.6 Å². The quantitative estimate of drug-likeness (QED) is 0.627. The van der Waals surface area contributed by atoms with Gasteiger partial charge in [-0.1, -0.05) is 55.4 Å². The van der Waals surface area contributed by atoms with E-state index in [9.17, 15) is 13.2 Å². The summed E-state index contributed by atoms with van der Waals surface area (Å²) in [6, 6.07) is 13.0. The van der Waals surface area contributed by atoms with Crippen LogP contribution in [0.3, 0.4) is 0 Å². The second-order valence-corrected chi connectivity index (χ2v) is 10.2. The summed E-state index contributed by atoms with van der Waals surface area (Å²) >= 11 is 1.30. The summed E-state index contributed by atoms with van der Waals surface area (Å²) in [6.45, 7) is 3.91. The first-order valence-electron chi connectivity index (χ1n) is 9.16. The highest BCUT2D eigenvalue weighted by atomic mass is 32.2. The van der Waals surface area contributed by atoms with Crippen molar-refractivity contribution >= 4 is 27.7 Å². The molecule has 152 valence electrons. The summed E-state index contributed by atoms with van der Waals surface area (Å²) in [5.74, 6) is -0.0703. The molecule has 2 aromatic rings. The molecular formula is C20H27N3O3S2. The molecule has 0 spiro atoms. The van der Waals surface area contributed by atoms with Crippen LogP contribution in [0, 0.1) is 0 Å². The number of pyridine rings is 1. The Bertz CT molecular complexity index is 869. The highest BCUT2D eigenvalue weighted by Gasteiger charge is 2.21. The fourth-order valence-corrected chi connectivity index (χ4v) is 4.26. The average molecular weight is 422 g/mol. The van der Waals surface area contributed by atoms with E-state index in [-0.39, 0.29) is 22.1 Å². The number of thioether (sulfide) groups is 1. The Hall–Kier alpha value is -1.90. The van der Waals surface area contributed by atoms with Gasteiger partial charge in [0.05, 0.1) is 16.3 Å². The molecule has 0 fully saturated rings. The number of sulfonamides is 1. The van der Waals surface area contributed by atoms with Crippen molar-refractivity contribution in [3.8, 4) is 0 Å². The number of hydrogen-bond donors (Lipinski definition) is 1. The minimum absolute atomic E-state index is 0.0256. The molecule has 1 aromatic heterocycles. The Morgan fingerprint density at radius 2 is 1.86 bits per heavy atom. The van der Waals surface area contributed by atoms with Gasteiger partial charge in [-0.25, -0.2) is 17.7 Å². The zero-order valence-corrected chi connectivity index (χ0v) is 18.3. The number of aromatic nitrogens is 1. The van der Waals surface area contributed by atoms with Gasteiger partial charge < -0.3 is 5.32 Å². The highest BCUT2D eigenvalue weighted by molar-refractivity contribution is 8.00. The molecule has 6 nitrogen and oxygen atoms in total. The molecule has 2 rings (SSSR count). The normalized spacial score (nSPS) is 13.9. The summed E-state index contributed by atoms with van der Waals surface area (Å²) in [5, 5.41) is 3.36. The standard InChI is InChI=1S/C20H27N3O3S2/c1-5-9-18(16-10-7-6-8-11-16)22-20(24)15(2)27-19-13-12-17(14-21-19)28(25,26)23(3)4/h6-8,10-15,18H,5,9H2,1-4H3,(H,22,24). The number of hydrogen-bond acceptors (Lipinski definition) is 5. The van der Waals surface area contributed by atoms with Gasteiger partial charge in [-0.15, -0.1) is 0 Å². The lowest BCUT2D eigenvalue weighted by Crippen LogP contribution is -2.34. The molecule has 0 aliphatic rings. The van der Waals surface area contributed by atoms with Crippen LogP contribution >= 0.6 is 11.8 Å². The van der Waals surface area contributed by atoms with Crippen LogP contribution in [-0.4, -0.2) is 43.0 Å². The van der Waals surface area contributed by atoms with Gasteiger partial charge in [0.1, 0.15) is 4.90 Å². The molecule has 28 heavy (non-hydrogen) atoms. The minimum Gasteiger partial charge on any atom is -0.348 e. The van der Waals surface area contributed by atoms with E-state index in [0.29, 0.717) is 5.03 Å². The largest absolute Gasteiger partial charge is 0.348 e. The maximum Gasteiger partial charge on any atom is 0.244 e. The van der Waals surface area contributed by atoms with Crippen LogP contribution in [0.4, 0.5) is 0 Å². The van der Waals surface area contributed by atoms with Gasteiger partial charge in [0.25, 0.3) is 0 Å². The Morgan fingerprint density at radius 3 is 2.39 bits per heavy atom. The molecule has 0 radical (unpaired) electrons. The van der Waals surface area contributed by atoms with Crippen molar-refractivity contribution in [2.45, 2.75) is 47.9 Å². The summed E-state index contributed by atoms with van der Waals surface area (Å²) in [7, 11) is -0.557. The molecule has 2 unspecified atom stereocenters. The first kappa shape index (κ1) is 22.4. The Labute approximate surface area is 171 Å². The first-order valence-corrected chi connectivity index (χ1v) is 11.5. The van der Waals surface area contributed by atoms with Crippen LogP contribution in [0.2, 0.25) is 0 Å². The van der Waals surface area contributed by atoms with Gasteiger partial charge in [0, 0.05) is 20.3 Å². The maximum atomic E-state index is 12.7. The van der Waals surface area contributed by atoms with Crippen molar-refractivity contribution in [3.05, 3.63) is 54.2 Å². The molecule has 0 saturated heterocycles. The van der Waals surface area contributed by atoms with Gasteiger partial charge >= 0.3 is 0 Å². The summed E-state index contributed by atoms with van der Waals surface area (Å²) in [4.78, 5) is 17.0. The van der Waals surface area contributed by atoms with Gasteiger partial charge in [-0.2, -0.15) is 0 Å². The molecule has 1 N–H and O–H groups in total. The van der Waals surface area contributed by atoms with E-state index >= 15 is 0 Å². The Morgan fingerprint density at radius 1 is 1.18 bits per heavy atom. The summed E-state index contributed by atoms with van der Waals surface area (Å²) < 4.78 is 25.4. The van der Waals surface area contributed by atoms with Crippen LogP contribution in [0.1, 0.15) is 38.3 Å². The predicted octanol–water partition coefficient (Wildman–Crippen LogP) is 3.47. The molecule has 0 aliphatic carbocycles. The first-order chi connectivity index (χ1) is 13.3. The van der Waals surface area contributed by atoms with Gasteiger partial charge in [-0.05, 0) is 31.0 Å². The molecule has 1 amide bonds. The van der Waals surface area contributed by atoms with E-state index < -0.39 is 10.0 Å². The van der Waals surface area contributed by atoms with Gasteiger partial charge in [-0.3, -0.25) is 4.79 Å². The fraction of sp³-hybridized carbons (Fsp3) is 0.400. The van der Waals surface area contributed by atoms with Crippen molar-refractivity contribution < 1.29 is 13.2 Å². The number of carbonyl (C=O) groups is 1. The van der Waals surface area contributed by atoms with Gasteiger partial charge in [0.2, 0.25) is 15.9 Å². The predicted molar refractivity (Wildman–Crippen MR) is 113 cm³/mol. The van der Waals surface area contributed by atoms with E-state index in [1.807, 2.05) is 37.3 Å². The number of nitrogens with zero attached hydrogens (tertiary/aromatic N) is 2. The fourth-order valence-electron chi connectivity index (χ4n) is 2.62. The van der Waals surface area contributed by atoms with Crippen LogP contribution in [0.25, 0.3) is 0 Å². The second kappa shape index (κ2) is 10.0. The molecular weight excluding hydrogens is 394 g/mol. The smallest absolute Gasteiger partial charge is 0.244 e. The van der Waals surface area contributed by atoms with E-state index in [1.54, 1.807) is 6.07 Å². The monoisotopic (exact) mass is 421 g/mol. The lowest BCUT2D eigenvalue weighted by molar-refractivity contribution is -0.121. The lowest BCUT2D eigenvalue weighted by atomic mass is 10.0. The van der Waals surface area contributed by atoms with Crippen molar-refractivity contribution in [1.82, 2.24) is 14.6 Å². The van der Waals surface area contributed by atoms with Crippen molar-refractivity contribution in [2.24, 2.45) is 0 Å². The van der Waals surface area contributed by atoms with E-state index in [2.05, 4.69) is 17.2 Å². The molecule has 0 bridgehead atoms. The van der Waals surface area contributed by atoms with Crippen molar-refractivity contribution in [1.29, 1.82) is 0 Å². The zero-order valence-electron chi connectivity index (χ0n) is 16.6. The number of amides is 1. The number of carbonyl (C=O) groups excluding carboxylic acids is 1. The maximum absolute atomic E-state index is 12.7. The number of nitrogens with one attached hydrogen (secondary N) is 1. The Kier molecular flexibility index (Phi) is 8.03. The topological polar surface area (TPSA) is 79.4 Å². The minimum atomic E-state index is -3.51. The Balaban J connectivity index is 2.03. The third-order valence-corrected chi connectivity index (χ3v) is 7.10. The lowest BCUT2D eigenvalue weighted by Gasteiger charge is -2.21. The van der Waals surface area contributed by atoms with E-state index in [4.69, 9.17) is 0 Å². The number of benzene rings is 1. The SMILES string of the molecule is CCCC(NC(=O)C(C)Sc1ccc(S(=O)(=O)N(C)C)cn1)c1ccccc1. The van der Waals surface area contributed by atoms with Crippen molar-refractivity contribution in [3.63, 3.8) is 0 Å². The van der Waals surface area contributed by atoms with Crippen LogP contribution < -0.4 is 5.32 Å². The third-order valence-electron chi connectivity index (χ3n) is 4.25. The number of rotatable bonds is 9. The zero-order chi connectivity index (χ0) is 20.7. The summed E-state index contributed by atoms with van der Waals surface area (Å²) in [6.07, 6.45) is 3.15. The van der Waals surface area contributed by atoms with Crippen LogP contribution in [-0.2, 0) is 14.8 Å². The average Bonchev–Trinajstić information content (AvgIpc) is 2.68.